The van der Waals surface area contributed by atoms with E-state index in [2.05, 4.69) is 15.5 Å². The van der Waals surface area contributed by atoms with Crippen LogP contribution >= 0.6 is 0 Å². The van der Waals surface area contributed by atoms with E-state index in [1.165, 1.54) is 17.5 Å². The van der Waals surface area contributed by atoms with Crippen molar-refractivity contribution in [1.82, 2.24) is 20.2 Å². The zero-order valence-corrected chi connectivity index (χ0v) is 10.3. The van der Waals surface area contributed by atoms with E-state index >= 15 is 0 Å². The first-order valence-corrected chi connectivity index (χ1v) is 6.11. The van der Waals surface area contributed by atoms with Crippen LogP contribution in [0, 0.1) is 0 Å². The van der Waals surface area contributed by atoms with Crippen molar-refractivity contribution >= 4 is 5.97 Å². The number of hydrogen-bond acceptors (Lipinski definition) is 4. The summed E-state index contributed by atoms with van der Waals surface area (Å²) in [4.78, 5) is 11.4. The van der Waals surface area contributed by atoms with Crippen molar-refractivity contribution in [2.75, 3.05) is 0 Å². The number of hydrogen-bond donors (Lipinski definition) is 1. The summed E-state index contributed by atoms with van der Waals surface area (Å²) in [6.07, 6.45) is 4.92. The van der Waals surface area contributed by atoms with E-state index in [0.29, 0.717) is 12.3 Å². The zero-order valence-electron chi connectivity index (χ0n) is 10.3. The summed E-state index contributed by atoms with van der Waals surface area (Å²) in [5, 5.41) is 21.0. The number of rotatable bonds is 4. The first kappa shape index (κ1) is 12.0. The SMILES string of the molecule is CCC(C)(C(=O)O)n1nnnc1C1CCCC1. The summed E-state index contributed by atoms with van der Waals surface area (Å²) in [6.45, 7) is 3.51. The summed E-state index contributed by atoms with van der Waals surface area (Å²) in [5.74, 6) is 0.163. The monoisotopic (exact) mass is 238 g/mol. The number of aliphatic carboxylic acids is 1. The van der Waals surface area contributed by atoms with Crippen molar-refractivity contribution in [3.8, 4) is 0 Å². The minimum atomic E-state index is -1.04. The lowest BCUT2D eigenvalue weighted by Gasteiger charge is -2.25. The van der Waals surface area contributed by atoms with Gasteiger partial charge in [-0.2, -0.15) is 0 Å². The van der Waals surface area contributed by atoms with Gasteiger partial charge in [0.05, 0.1) is 0 Å². The molecule has 6 nitrogen and oxygen atoms in total. The van der Waals surface area contributed by atoms with Crippen LogP contribution in [0.3, 0.4) is 0 Å². The highest BCUT2D eigenvalue weighted by Gasteiger charge is 2.38. The summed E-state index contributed by atoms with van der Waals surface area (Å²) < 4.78 is 1.51. The van der Waals surface area contributed by atoms with E-state index in [9.17, 15) is 9.90 Å². The second kappa shape index (κ2) is 4.43. The lowest BCUT2D eigenvalue weighted by Crippen LogP contribution is -2.40. The fraction of sp³-hybridized carbons (Fsp3) is 0.818. The average molecular weight is 238 g/mol. The maximum atomic E-state index is 11.4. The Balaban J connectivity index is 2.38. The van der Waals surface area contributed by atoms with Gasteiger partial charge in [-0.05, 0) is 36.6 Å². The number of carboxylic acid groups (broad SMARTS) is 1. The smallest absolute Gasteiger partial charge is 0.331 e. The zero-order chi connectivity index (χ0) is 12.5. The first-order chi connectivity index (χ1) is 8.09. The molecule has 1 aliphatic rings. The van der Waals surface area contributed by atoms with Gasteiger partial charge in [0.1, 0.15) is 0 Å². The van der Waals surface area contributed by atoms with Crippen LogP contribution in [0.4, 0.5) is 0 Å². The van der Waals surface area contributed by atoms with Gasteiger partial charge in [0.25, 0.3) is 0 Å². The molecule has 1 aliphatic carbocycles. The van der Waals surface area contributed by atoms with E-state index in [1.54, 1.807) is 6.92 Å². The Morgan fingerprint density at radius 3 is 2.71 bits per heavy atom. The van der Waals surface area contributed by atoms with Crippen LogP contribution in [-0.2, 0) is 10.3 Å². The van der Waals surface area contributed by atoms with E-state index in [0.717, 1.165) is 18.7 Å². The van der Waals surface area contributed by atoms with E-state index < -0.39 is 11.5 Å². The molecule has 0 aliphatic heterocycles. The normalized spacial score (nSPS) is 20.4. The maximum Gasteiger partial charge on any atom is 0.331 e. The first-order valence-electron chi connectivity index (χ1n) is 6.11. The largest absolute Gasteiger partial charge is 0.479 e. The number of nitrogens with zero attached hydrogens (tertiary/aromatic N) is 4. The Kier molecular flexibility index (Phi) is 3.13. The van der Waals surface area contributed by atoms with Gasteiger partial charge >= 0.3 is 5.97 Å². The number of carbonyl (C=O) groups is 1. The third-order valence-electron chi connectivity index (χ3n) is 3.83. The molecular weight excluding hydrogens is 220 g/mol. The summed E-state index contributed by atoms with van der Waals surface area (Å²) in [5.41, 5.74) is -1.04. The molecule has 1 atom stereocenters. The van der Waals surface area contributed by atoms with Gasteiger partial charge in [-0.1, -0.05) is 19.8 Å². The molecule has 94 valence electrons. The molecule has 6 heteroatoms. The predicted molar refractivity (Wildman–Crippen MR) is 60.6 cm³/mol. The lowest BCUT2D eigenvalue weighted by atomic mass is 9.98. The molecule has 0 spiro atoms. The third-order valence-corrected chi connectivity index (χ3v) is 3.83. The topological polar surface area (TPSA) is 80.9 Å². The van der Waals surface area contributed by atoms with Crippen molar-refractivity contribution in [3.63, 3.8) is 0 Å². The van der Waals surface area contributed by atoms with Crippen LogP contribution in [0.15, 0.2) is 0 Å². The highest BCUT2D eigenvalue weighted by Crippen LogP contribution is 2.34. The minimum Gasteiger partial charge on any atom is -0.479 e. The van der Waals surface area contributed by atoms with E-state index in [1.807, 2.05) is 6.92 Å². The molecule has 1 unspecified atom stereocenters. The Morgan fingerprint density at radius 2 is 2.18 bits per heavy atom. The van der Waals surface area contributed by atoms with Gasteiger partial charge in [-0.15, -0.1) is 5.10 Å². The minimum absolute atomic E-state index is 0.315. The number of aromatic nitrogens is 4. The fourth-order valence-corrected chi connectivity index (χ4v) is 2.38. The van der Waals surface area contributed by atoms with Crippen molar-refractivity contribution in [2.45, 2.75) is 57.4 Å². The Hall–Kier alpha value is -1.46. The molecule has 0 amide bonds. The van der Waals surface area contributed by atoms with Crippen LogP contribution in [0.2, 0.25) is 0 Å². The molecule has 0 bridgehead atoms. The van der Waals surface area contributed by atoms with Gasteiger partial charge < -0.3 is 5.11 Å². The van der Waals surface area contributed by atoms with Crippen molar-refractivity contribution < 1.29 is 9.90 Å². The quantitative estimate of drug-likeness (QED) is 0.860. The summed E-state index contributed by atoms with van der Waals surface area (Å²) in [7, 11) is 0. The van der Waals surface area contributed by atoms with Gasteiger partial charge in [0, 0.05) is 5.92 Å². The van der Waals surface area contributed by atoms with Crippen LogP contribution in [0.5, 0.6) is 0 Å². The summed E-state index contributed by atoms with van der Waals surface area (Å²) >= 11 is 0. The third kappa shape index (κ3) is 1.92. The van der Waals surface area contributed by atoms with Crippen molar-refractivity contribution in [2.24, 2.45) is 0 Å². The molecule has 0 radical (unpaired) electrons. The van der Waals surface area contributed by atoms with Gasteiger partial charge in [-0.3, -0.25) is 0 Å². The molecular formula is C11H18N4O2. The number of carboxylic acids is 1. The lowest BCUT2D eigenvalue weighted by molar-refractivity contribution is -0.147. The molecule has 1 heterocycles. The molecule has 0 saturated heterocycles. The number of tetrazole rings is 1. The van der Waals surface area contributed by atoms with Crippen LogP contribution in [0.25, 0.3) is 0 Å². The predicted octanol–water partition coefficient (Wildman–Crippen LogP) is 1.54. The van der Waals surface area contributed by atoms with E-state index in [4.69, 9.17) is 0 Å². The second-order valence-electron chi connectivity index (χ2n) is 4.86. The molecule has 1 fully saturated rings. The summed E-state index contributed by atoms with van der Waals surface area (Å²) in [6, 6.07) is 0. The van der Waals surface area contributed by atoms with Crippen molar-refractivity contribution in [1.29, 1.82) is 0 Å². The molecule has 1 aromatic heterocycles. The Morgan fingerprint density at radius 1 is 1.53 bits per heavy atom. The molecule has 17 heavy (non-hydrogen) atoms. The molecule has 1 saturated carbocycles. The standard InChI is InChI=1S/C11H18N4O2/c1-3-11(2,10(16)17)15-9(12-13-14-15)8-6-4-5-7-8/h8H,3-7H2,1-2H3,(H,16,17). The van der Waals surface area contributed by atoms with Crippen LogP contribution in [-0.4, -0.2) is 31.3 Å². The fourth-order valence-electron chi connectivity index (χ4n) is 2.38. The van der Waals surface area contributed by atoms with Crippen LogP contribution < -0.4 is 0 Å². The highest BCUT2D eigenvalue weighted by atomic mass is 16.4. The van der Waals surface area contributed by atoms with Gasteiger partial charge in [0.2, 0.25) is 0 Å². The molecule has 1 N–H and O–H groups in total. The van der Waals surface area contributed by atoms with Gasteiger partial charge in [0.15, 0.2) is 11.4 Å². The average Bonchev–Trinajstić information content (AvgIpc) is 2.97. The maximum absolute atomic E-state index is 11.4. The second-order valence-corrected chi connectivity index (χ2v) is 4.86. The molecule has 0 aromatic carbocycles. The molecule has 1 aromatic rings. The molecule has 2 rings (SSSR count). The van der Waals surface area contributed by atoms with Gasteiger partial charge in [-0.25, -0.2) is 9.48 Å². The Bertz CT molecular complexity index is 411. The highest BCUT2D eigenvalue weighted by molar-refractivity contribution is 5.76. The van der Waals surface area contributed by atoms with Crippen molar-refractivity contribution in [3.05, 3.63) is 5.82 Å². The van der Waals surface area contributed by atoms with Crippen LogP contribution in [0.1, 0.15) is 57.7 Å². The Labute approximate surface area is 100 Å². The van der Waals surface area contributed by atoms with E-state index in [-0.39, 0.29) is 0 Å².